The lowest BCUT2D eigenvalue weighted by Gasteiger charge is -2.17. The summed E-state index contributed by atoms with van der Waals surface area (Å²) < 4.78 is 0. The van der Waals surface area contributed by atoms with E-state index in [1.54, 1.807) is 36.4 Å². The zero-order chi connectivity index (χ0) is 24.2. The van der Waals surface area contributed by atoms with Crippen LogP contribution in [0.4, 0.5) is 17.2 Å². The molecule has 0 saturated heterocycles. The van der Waals surface area contributed by atoms with Crippen molar-refractivity contribution in [2.75, 3.05) is 49.8 Å². The van der Waals surface area contributed by atoms with Gasteiger partial charge in [-0.05, 0) is 42.5 Å². The molecule has 8 nitrogen and oxygen atoms in total. The Kier molecular flexibility index (Phi) is 6.79. The number of hydrogen-bond donors (Lipinski definition) is 2. The number of carbonyl (C=O) groups is 2. The van der Waals surface area contributed by atoms with E-state index in [-0.39, 0.29) is 5.91 Å². The fourth-order valence-electron chi connectivity index (χ4n) is 3.55. The Labute approximate surface area is 203 Å². The Balaban J connectivity index is 1.56. The summed E-state index contributed by atoms with van der Waals surface area (Å²) in [6.45, 7) is 1.66. The largest absolute Gasteiger partial charge is 0.378 e. The van der Waals surface area contributed by atoms with Gasteiger partial charge in [0.1, 0.15) is 11.7 Å². The number of pyridine rings is 1. The van der Waals surface area contributed by atoms with Gasteiger partial charge in [0.05, 0.1) is 22.8 Å². The van der Waals surface area contributed by atoms with Crippen molar-refractivity contribution in [3.8, 4) is 0 Å². The average Bonchev–Trinajstić information content (AvgIpc) is 3.26. The summed E-state index contributed by atoms with van der Waals surface area (Å²) in [6.07, 6.45) is 1.45. The number of amidine groups is 1. The molecule has 0 aliphatic carbocycles. The normalized spacial score (nSPS) is 12.8. The molecule has 2 heterocycles. The number of hydrogen-bond acceptors (Lipinski definition) is 6. The van der Waals surface area contributed by atoms with Crippen LogP contribution in [-0.4, -0.2) is 61.8 Å². The highest BCUT2D eigenvalue weighted by molar-refractivity contribution is 6.30. The van der Waals surface area contributed by atoms with Crippen LogP contribution < -0.4 is 15.5 Å². The van der Waals surface area contributed by atoms with Crippen molar-refractivity contribution in [2.45, 2.75) is 0 Å². The Hall–Kier alpha value is -3.91. The predicted octanol–water partition coefficient (Wildman–Crippen LogP) is 4.00. The Bertz CT molecular complexity index is 1240. The van der Waals surface area contributed by atoms with Gasteiger partial charge in [-0.1, -0.05) is 23.7 Å². The molecule has 2 N–H and O–H groups in total. The summed E-state index contributed by atoms with van der Waals surface area (Å²) >= 11 is 5.88. The standard InChI is InChI=1S/C25H25ClN6O2/c1-31(2)19-9-10-21(20(14-19)25(34)30-22-11-8-18(26)15-28-22)29-24(33)17-6-4-16(5-7-17)23-27-12-13-32(23)3/h4-11,14-15H,12-13H2,1-3H3,(H,29,33)(H,28,30,34). The zero-order valence-corrected chi connectivity index (χ0v) is 19.9. The fourth-order valence-corrected chi connectivity index (χ4v) is 3.66. The molecule has 0 bridgehead atoms. The minimum atomic E-state index is -0.397. The topological polar surface area (TPSA) is 89.9 Å². The number of halogens is 1. The van der Waals surface area contributed by atoms with Gasteiger partial charge in [-0.3, -0.25) is 14.6 Å². The van der Waals surface area contributed by atoms with Gasteiger partial charge < -0.3 is 20.4 Å². The lowest BCUT2D eigenvalue weighted by molar-refractivity contribution is 0.102. The van der Waals surface area contributed by atoms with Gasteiger partial charge in [-0.15, -0.1) is 0 Å². The molecule has 0 atom stereocenters. The van der Waals surface area contributed by atoms with Gasteiger partial charge >= 0.3 is 0 Å². The molecular formula is C25H25ClN6O2. The number of rotatable bonds is 6. The molecule has 1 aromatic heterocycles. The summed E-state index contributed by atoms with van der Waals surface area (Å²) in [4.78, 5) is 38.6. The minimum Gasteiger partial charge on any atom is -0.378 e. The van der Waals surface area contributed by atoms with Crippen LogP contribution in [0.25, 0.3) is 0 Å². The number of aliphatic imine (C=N–C) groups is 1. The van der Waals surface area contributed by atoms with Crippen molar-refractivity contribution in [2.24, 2.45) is 4.99 Å². The van der Waals surface area contributed by atoms with E-state index in [0.717, 1.165) is 30.2 Å². The maximum Gasteiger partial charge on any atom is 0.259 e. The highest BCUT2D eigenvalue weighted by Crippen LogP contribution is 2.24. The van der Waals surface area contributed by atoms with Crippen LogP contribution in [0.1, 0.15) is 26.3 Å². The lowest BCUT2D eigenvalue weighted by Crippen LogP contribution is -2.23. The van der Waals surface area contributed by atoms with Crippen LogP contribution >= 0.6 is 11.6 Å². The third-order valence-corrected chi connectivity index (χ3v) is 5.67. The van der Waals surface area contributed by atoms with Gasteiger partial charge in [0.25, 0.3) is 11.8 Å². The van der Waals surface area contributed by atoms with E-state index in [2.05, 4.69) is 25.5 Å². The van der Waals surface area contributed by atoms with Gasteiger partial charge in [-0.25, -0.2) is 4.98 Å². The highest BCUT2D eigenvalue weighted by Gasteiger charge is 2.18. The van der Waals surface area contributed by atoms with Crippen molar-refractivity contribution in [1.82, 2.24) is 9.88 Å². The Morgan fingerprint density at radius 2 is 1.76 bits per heavy atom. The number of nitrogens with one attached hydrogen (secondary N) is 2. The molecule has 0 unspecified atom stereocenters. The highest BCUT2D eigenvalue weighted by atomic mass is 35.5. The number of aromatic nitrogens is 1. The smallest absolute Gasteiger partial charge is 0.259 e. The van der Waals surface area contributed by atoms with Crippen LogP contribution in [0.5, 0.6) is 0 Å². The van der Waals surface area contributed by atoms with Crippen LogP contribution in [0, 0.1) is 0 Å². The molecule has 34 heavy (non-hydrogen) atoms. The molecule has 1 aliphatic rings. The number of anilines is 3. The summed E-state index contributed by atoms with van der Waals surface area (Å²) in [5.41, 5.74) is 2.97. The Morgan fingerprint density at radius 3 is 2.38 bits per heavy atom. The molecule has 4 rings (SSSR count). The monoisotopic (exact) mass is 476 g/mol. The van der Waals surface area contributed by atoms with E-state index < -0.39 is 5.91 Å². The molecule has 9 heteroatoms. The van der Waals surface area contributed by atoms with E-state index in [9.17, 15) is 9.59 Å². The van der Waals surface area contributed by atoms with Crippen molar-refractivity contribution in [3.63, 3.8) is 0 Å². The molecule has 1 aliphatic heterocycles. The van der Waals surface area contributed by atoms with Crippen molar-refractivity contribution in [1.29, 1.82) is 0 Å². The molecule has 2 amide bonds. The molecule has 2 aromatic carbocycles. The first kappa shape index (κ1) is 23.3. The number of amides is 2. The van der Waals surface area contributed by atoms with E-state index >= 15 is 0 Å². The second-order valence-corrected chi connectivity index (χ2v) is 8.53. The molecule has 0 saturated carbocycles. The first-order chi connectivity index (χ1) is 16.3. The first-order valence-corrected chi connectivity index (χ1v) is 11.1. The van der Waals surface area contributed by atoms with E-state index in [4.69, 9.17) is 11.6 Å². The van der Waals surface area contributed by atoms with E-state index in [1.165, 1.54) is 6.20 Å². The van der Waals surface area contributed by atoms with Crippen molar-refractivity contribution >= 4 is 46.4 Å². The Morgan fingerprint density at radius 1 is 1.00 bits per heavy atom. The molecule has 0 spiro atoms. The molecule has 3 aromatic rings. The van der Waals surface area contributed by atoms with Crippen LogP contribution in [0.3, 0.4) is 0 Å². The summed E-state index contributed by atoms with van der Waals surface area (Å²) in [7, 11) is 5.75. The van der Waals surface area contributed by atoms with Crippen molar-refractivity contribution < 1.29 is 9.59 Å². The average molecular weight is 477 g/mol. The van der Waals surface area contributed by atoms with Gasteiger partial charge in [0.2, 0.25) is 0 Å². The third-order valence-electron chi connectivity index (χ3n) is 5.45. The van der Waals surface area contributed by atoms with Gasteiger partial charge in [-0.2, -0.15) is 0 Å². The number of carbonyl (C=O) groups excluding carboxylic acids is 2. The van der Waals surface area contributed by atoms with Crippen LogP contribution in [-0.2, 0) is 0 Å². The summed E-state index contributed by atoms with van der Waals surface area (Å²) in [5.74, 6) is 0.564. The predicted molar refractivity (Wildman–Crippen MR) is 136 cm³/mol. The third kappa shape index (κ3) is 5.18. The van der Waals surface area contributed by atoms with Crippen LogP contribution in [0.15, 0.2) is 65.8 Å². The summed E-state index contributed by atoms with van der Waals surface area (Å²) in [5, 5.41) is 6.09. The van der Waals surface area contributed by atoms with E-state index in [0.29, 0.717) is 27.7 Å². The van der Waals surface area contributed by atoms with Crippen molar-refractivity contribution in [3.05, 3.63) is 82.5 Å². The number of likely N-dealkylation sites (N-methyl/N-ethyl adjacent to an activating group) is 1. The number of nitrogens with zero attached hydrogens (tertiary/aromatic N) is 4. The molecule has 174 valence electrons. The molecule has 0 fully saturated rings. The maximum absolute atomic E-state index is 13.1. The fraction of sp³-hybridized carbons (Fsp3) is 0.200. The lowest BCUT2D eigenvalue weighted by atomic mass is 10.1. The second kappa shape index (κ2) is 9.93. The van der Waals surface area contributed by atoms with Crippen LogP contribution in [0.2, 0.25) is 5.02 Å². The molecule has 0 radical (unpaired) electrons. The van der Waals surface area contributed by atoms with Gasteiger partial charge in [0, 0.05) is 50.7 Å². The van der Waals surface area contributed by atoms with E-state index in [1.807, 2.05) is 44.2 Å². The maximum atomic E-state index is 13.1. The summed E-state index contributed by atoms with van der Waals surface area (Å²) in [6, 6.07) is 15.8. The first-order valence-electron chi connectivity index (χ1n) is 10.7. The second-order valence-electron chi connectivity index (χ2n) is 8.10. The molecular weight excluding hydrogens is 452 g/mol. The van der Waals surface area contributed by atoms with Gasteiger partial charge in [0.15, 0.2) is 0 Å². The number of benzene rings is 2. The quantitative estimate of drug-likeness (QED) is 0.561. The minimum absolute atomic E-state index is 0.315. The SMILES string of the molecule is CN1CCN=C1c1ccc(C(=O)Nc2ccc(N(C)C)cc2C(=O)Nc2ccc(Cl)cn2)cc1. The zero-order valence-electron chi connectivity index (χ0n) is 19.2.